The standard InChI is InChI=1S/C18H21NO5S/c1-24-16-10-11-17(15-5-3-2-4-14(15)16)25(22,23)19-13-8-6-12(7-9-13)18(20)21/h2-5,10-13,19H,6-9H2,1H3,(H,20,21). The fourth-order valence-corrected chi connectivity index (χ4v) is 4.91. The van der Waals surface area contributed by atoms with Crippen LogP contribution in [0.25, 0.3) is 10.8 Å². The van der Waals surface area contributed by atoms with Crippen molar-refractivity contribution in [2.75, 3.05) is 7.11 Å². The number of aliphatic carboxylic acids is 1. The lowest BCUT2D eigenvalue weighted by atomic mass is 9.87. The maximum absolute atomic E-state index is 12.9. The Morgan fingerprint density at radius 3 is 2.32 bits per heavy atom. The summed E-state index contributed by atoms with van der Waals surface area (Å²) in [7, 11) is -2.15. The molecule has 2 aromatic carbocycles. The zero-order chi connectivity index (χ0) is 18.0. The molecule has 0 aromatic heterocycles. The fourth-order valence-electron chi connectivity index (χ4n) is 3.40. The quantitative estimate of drug-likeness (QED) is 0.852. The first-order valence-electron chi connectivity index (χ1n) is 8.23. The van der Waals surface area contributed by atoms with E-state index in [0.29, 0.717) is 36.8 Å². The van der Waals surface area contributed by atoms with Crippen molar-refractivity contribution in [2.24, 2.45) is 5.92 Å². The van der Waals surface area contributed by atoms with Gasteiger partial charge in [0.15, 0.2) is 0 Å². The number of carboxylic acid groups (broad SMARTS) is 1. The molecule has 0 atom stereocenters. The molecule has 1 aliphatic rings. The Bertz CT molecular complexity index is 885. The van der Waals surface area contributed by atoms with Crippen LogP contribution < -0.4 is 9.46 Å². The smallest absolute Gasteiger partial charge is 0.306 e. The van der Waals surface area contributed by atoms with E-state index in [1.54, 1.807) is 31.4 Å². The first-order chi connectivity index (χ1) is 11.9. The monoisotopic (exact) mass is 363 g/mol. The number of methoxy groups -OCH3 is 1. The van der Waals surface area contributed by atoms with Gasteiger partial charge in [-0.25, -0.2) is 13.1 Å². The van der Waals surface area contributed by atoms with Crippen LogP contribution >= 0.6 is 0 Å². The van der Waals surface area contributed by atoms with Crippen LogP contribution in [0.3, 0.4) is 0 Å². The van der Waals surface area contributed by atoms with Crippen LogP contribution in [0, 0.1) is 5.92 Å². The maximum Gasteiger partial charge on any atom is 0.306 e. The molecule has 0 amide bonds. The van der Waals surface area contributed by atoms with E-state index in [1.807, 2.05) is 12.1 Å². The Morgan fingerprint density at radius 1 is 1.08 bits per heavy atom. The van der Waals surface area contributed by atoms with Crippen LogP contribution in [0.15, 0.2) is 41.3 Å². The molecule has 0 saturated heterocycles. The Balaban J connectivity index is 1.86. The Hall–Kier alpha value is -2.12. The van der Waals surface area contributed by atoms with Gasteiger partial charge in [0, 0.05) is 16.8 Å². The van der Waals surface area contributed by atoms with Crippen LogP contribution in [0.1, 0.15) is 25.7 Å². The third-order valence-electron chi connectivity index (χ3n) is 4.75. The molecule has 7 heteroatoms. The molecule has 0 radical (unpaired) electrons. The second-order valence-electron chi connectivity index (χ2n) is 6.32. The molecular weight excluding hydrogens is 342 g/mol. The van der Waals surface area contributed by atoms with E-state index in [1.165, 1.54) is 0 Å². The predicted octanol–water partition coefficient (Wildman–Crippen LogP) is 2.77. The van der Waals surface area contributed by atoms with E-state index < -0.39 is 16.0 Å². The summed E-state index contributed by atoms with van der Waals surface area (Å²) in [6.45, 7) is 0. The number of hydrogen-bond acceptors (Lipinski definition) is 4. The number of carbonyl (C=O) groups is 1. The van der Waals surface area contributed by atoms with Gasteiger partial charge in [-0.2, -0.15) is 0 Å². The van der Waals surface area contributed by atoms with Gasteiger partial charge >= 0.3 is 5.97 Å². The van der Waals surface area contributed by atoms with E-state index in [0.717, 1.165) is 5.39 Å². The van der Waals surface area contributed by atoms with E-state index >= 15 is 0 Å². The van der Waals surface area contributed by atoms with Gasteiger partial charge in [0.2, 0.25) is 10.0 Å². The van der Waals surface area contributed by atoms with Crippen LogP contribution in [-0.4, -0.2) is 32.6 Å². The molecule has 134 valence electrons. The normalized spacial score (nSPS) is 21.2. The van der Waals surface area contributed by atoms with E-state index in [9.17, 15) is 13.2 Å². The minimum Gasteiger partial charge on any atom is -0.496 e. The molecule has 2 aromatic rings. The summed E-state index contributed by atoms with van der Waals surface area (Å²) in [5.41, 5.74) is 0. The van der Waals surface area contributed by atoms with Crippen LogP contribution in [0.2, 0.25) is 0 Å². The summed E-state index contributed by atoms with van der Waals surface area (Å²) in [6, 6.07) is 10.2. The minimum atomic E-state index is -3.70. The van der Waals surface area contributed by atoms with Gasteiger partial charge in [0.25, 0.3) is 0 Å². The van der Waals surface area contributed by atoms with Crippen molar-refractivity contribution in [3.05, 3.63) is 36.4 Å². The molecule has 1 aliphatic carbocycles. The summed E-state index contributed by atoms with van der Waals surface area (Å²) in [5.74, 6) is -0.554. The number of benzene rings is 2. The largest absolute Gasteiger partial charge is 0.496 e. The number of rotatable bonds is 5. The number of fused-ring (bicyclic) bond motifs is 1. The van der Waals surface area contributed by atoms with Gasteiger partial charge in [-0.3, -0.25) is 4.79 Å². The van der Waals surface area contributed by atoms with Crippen molar-refractivity contribution in [1.29, 1.82) is 0 Å². The van der Waals surface area contributed by atoms with Crippen LogP contribution in [-0.2, 0) is 14.8 Å². The summed E-state index contributed by atoms with van der Waals surface area (Å²) in [5, 5.41) is 10.4. The SMILES string of the molecule is COc1ccc(S(=O)(=O)NC2CCC(C(=O)O)CC2)c2ccccc12. The zero-order valence-electron chi connectivity index (χ0n) is 13.9. The molecule has 1 saturated carbocycles. The van der Waals surface area contributed by atoms with E-state index in [2.05, 4.69) is 4.72 Å². The third-order valence-corrected chi connectivity index (χ3v) is 6.33. The third kappa shape index (κ3) is 3.62. The van der Waals surface area contributed by atoms with Crippen molar-refractivity contribution in [3.63, 3.8) is 0 Å². The zero-order valence-corrected chi connectivity index (χ0v) is 14.8. The average molecular weight is 363 g/mol. The highest BCUT2D eigenvalue weighted by Crippen LogP contribution is 2.32. The second kappa shape index (κ2) is 7.01. The highest BCUT2D eigenvalue weighted by atomic mass is 32.2. The lowest BCUT2D eigenvalue weighted by Gasteiger charge is -2.26. The van der Waals surface area contributed by atoms with Gasteiger partial charge in [0.1, 0.15) is 5.75 Å². The molecule has 0 heterocycles. The molecule has 2 N–H and O–H groups in total. The lowest BCUT2D eigenvalue weighted by molar-refractivity contribution is -0.142. The molecule has 0 bridgehead atoms. The number of carboxylic acids is 1. The molecule has 1 fully saturated rings. The van der Waals surface area contributed by atoms with E-state index in [4.69, 9.17) is 9.84 Å². The first-order valence-corrected chi connectivity index (χ1v) is 9.71. The van der Waals surface area contributed by atoms with Crippen LogP contribution in [0.5, 0.6) is 5.75 Å². The topological polar surface area (TPSA) is 92.7 Å². The number of sulfonamides is 1. The van der Waals surface area contributed by atoms with Gasteiger partial charge in [-0.05, 0) is 37.8 Å². The van der Waals surface area contributed by atoms with Gasteiger partial charge < -0.3 is 9.84 Å². The van der Waals surface area contributed by atoms with Crippen molar-refractivity contribution in [2.45, 2.75) is 36.6 Å². The van der Waals surface area contributed by atoms with Gasteiger partial charge in [-0.15, -0.1) is 0 Å². The average Bonchev–Trinajstić information content (AvgIpc) is 2.60. The fraction of sp³-hybridized carbons (Fsp3) is 0.389. The van der Waals surface area contributed by atoms with Gasteiger partial charge in [-0.1, -0.05) is 24.3 Å². The molecule has 25 heavy (non-hydrogen) atoms. The molecule has 6 nitrogen and oxygen atoms in total. The highest BCUT2D eigenvalue weighted by Gasteiger charge is 2.29. The first kappa shape index (κ1) is 17.7. The van der Waals surface area contributed by atoms with Crippen molar-refractivity contribution < 1.29 is 23.1 Å². The predicted molar refractivity (Wildman–Crippen MR) is 94.2 cm³/mol. The van der Waals surface area contributed by atoms with Crippen molar-refractivity contribution >= 4 is 26.8 Å². The number of hydrogen-bond donors (Lipinski definition) is 2. The molecule has 3 rings (SSSR count). The van der Waals surface area contributed by atoms with Crippen molar-refractivity contribution in [3.8, 4) is 5.75 Å². The molecule has 0 spiro atoms. The summed E-state index contributed by atoms with van der Waals surface area (Å²) in [4.78, 5) is 11.2. The summed E-state index contributed by atoms with van der Waals surface area (Å²) in [6.07, 6.45) is 2.05. The lowest BCUT2D eigenvalue weighted by Crippen LogP contribution is -2.38. The number of nitrogens with one attached hydrogen (secondary N) is 1. The molecular formula is C18H21NO5S. The Labute approximate surface area is 146 Å². The summed E-state index contributed by atoms with van der Waals surface area (Å²) < 4.78 is 33.8. The molecule has 0 aliphatic heterocycles. The van der Waals surface area contributed by atoms with E-state index in [-0.39, 0.29) is 16.9 Å². The summed E-state index contributed by atoms with van der Waals surface area (Å²) >= 11 is 0. The van der Waals surface area contributed by atoms with Gasteiger partial charge in [0.05, 0.1) is 17.9 Å². The Morgan fingerprint density at radius 2 is 1.72 bits per heavy atom. The van der Waals surface area contributed by atoms with Crippen molar-refractivity contribution in [1.82, 2.24) is 4.72 Å². The second-order valence-corrected chi connectivity index (χ2v) is 8.00. The maximum atomic E-state index is 12.9. The highest BCUT2D eigenvalue weighted by molar-refractivity contribution is 7.89. The Kier molecular flexibility index (Phi) is 4.96. The molecule has 0 unspecified atom stereocenters. The van der Waals surface area contributed by atoms with Crippen LogP contribution in [0.4, 0.5) is 0 Å². The number of ether oxygens (including phenoxy) is 1. The minimum absolute atomic E-state index is 0.212.